The third kappa shape index (κ3) is 4.94. The van der Waals surface area contributed by atoms with Gasteiger partial charge in [-0.05, 0) is 36.6 Å². The average molecular weight is 242 g/mol. The molecule has 3 heteroatoms. The molecule has 0 radical (unpaired) electrons. The largest absolute Gasteiger partial charge is 0.385 e. The van der Waals surface area contributed by atoms with E-state index in [-0.39, 0.29) is 0 Å². The zero-order valence-corrected chi connectivity index (χ0v) is 12.1. The van der Waals surface area contributed by atoms with Gasteiger partial charge in [0.2, 0.25) is 0 Å². The van der Waals surface area contributed by atoms with Crippen LogP contribution in [-0.2, 0) is 4.74 Å². The van der Waals surface area contributed by atoms with Crippen LogP contribution in [0.15, 0.2) is 0 Å². The molecule has 1 rings (SSSR count). The molecule has 1 saturated heterocycles. The van der Waals surface area contributed by atoms with E-state index in [1.807, 2.05) is 0 Å². The first-order valence-electron chi connectivity index (χ1n) is 6.94. The van der Waals surface area contributed by atoms with Crippen molar-refractivity contribution >= 4 is 0 Å². The molecule has 0 saturated carbocycles. The molecule has 0 amide bonds. The minimum absolute atomic E-state index is 0.330. The lowest BCUT2D eigenvalue weighted by atomic mass is 9.83. The Bertz CT molecular complexity index is 210. The molecule has 0 aliphatic carbocycles. The van der Waals surface area contributed by atoms with Crippen molar-refractivity contribution < 1.29 is 4.74 Å². The number of nitrogens with one attached hydrogen (secondary N) is 2. The second-order valence-corrected chi connectivity index (χ2v) is 6.29. The van der Waals surface area contributed by atoms with E-state index in [1.165, 1.54) is 25.9 Å². The molecule has 0 aromatic rings. The summed E-state index contributed by atoms with van der Waals surface area (Å²) in [6, 6.07) is 0. The van der Waals surface area contributed by atoms with Crippen LogP contribution in [-0.4, -0.2) is 39.9 Å². The van der Waals surface area contributed by atoms with Crippen LogP contribution in [0.1, 0.15) is 40.0 Å². The molecule has 0 spiro atoms. The summed E-state index contributed by atoms with van der Waals surface area (Å²) in [5.41, 5.74) is 0.828. The van der Waals surface area contributed by atoms with Gasteiger partial charge in [0.1, 0.15) is 0 Å². The van der Waals surface area contributed by atoms with E-state index >= 15 is 0 Å². The van der Waals surface area contributed by atoms with Crippen molar-refractivity contribution in [2.24, 2.45) is 10.8 Å². The van der Waals surface area contributed by atoms with Gasteiger partial charge in [0.15, 0.2) is 0 Å². The molecule has 17 heavy (non-hydrogen) atoms. The lowest BCUT2D eigenvalue weighted by Crippen LogP contribution is -2.40. The predicted molar refractivity (Wildman–Crippen MR) is 73.4 cm³/mol. The van der Waals surface area contributed by atoms with E-state index in [2.05, 4.69) is 31.4 Å². The maximum atomic E-state index is 5.16. The van der Waals surface area contributed by atoms with Gasteiger partial charge in [0.25, 0.3) is 0 Å². The zero-order valence-electron chi connectivity index (χ0n) is 12.1. The van der Waals surface area contributed by atoms with Gasteiger partial charge in [-0.3, -0.25) is 0 Å². The maximum Gasteiger partial charge on any atom is 0.0467 e. The average Bonchev–Trinajstić information content (AvgIpc) is 2.76. The number of rotatable bonds is 8. The number of hydrogen-bond acceptors (Lipinski definition) is 3. The fourth-order valence-electron chi connectivity index (χ4n) is 2.51. The van der Waals surface area contributed by atoms with E-state index < -0.39 is 0 Å². The van der Waals surface area contributed by atoms with Crippen LogP contribution in [0.5, 0.6) is 0 Å². The number of methoxy groups -OCH3 is 1. The SMILES string of the molecule is CCC1(CNCC(C)(C)CCOC)CCNC1. The minimum Gasteiger partial charge on any atom is -0.385 e. The molecule has 0 aromatic heterocycles. The zero-order chi connectivity index (χ0) is 12.8. The summed E-state index contributed by atoms with van der Waals surface area (Å²) in [6.45, 7) is 12.4. The Hall–Kier alpha value is -0.120. The van der Waals surface area contributed by atoms with Crippen LogP contribution < -0.4 is 10.6 Å². The van der Waals surface area contributed by atoms with Gasteiger partial charge in [0, 0.05) is 33.4 Å². The van der Waals surface area contributed by atoms with Crippen molar-refractivity contribution in [2.75, 3.05) is 39.9 Å². The van der Waals surface area contributed by atoms with E-state index in [4.69, 9.17) is 4.74 Å². The molecule has 3 nitrogen and oxygen atoms in total. The quantitative estimate of drug-likeness (QED) is 0.683. The van der Waals surface area contributed by atoms with Gasteiger partial charge >= 0.3 is 0 Å². The summed E-state index contributed by atoms with van der Waals surface area (Å²) in [5, 5.41) is 7.16. The first kappa shape index (κ1) is 14.9. The minimum atomic E-state index is 0.330. The normalized spacial score (nSPS) is 25.4. The molecular formula is C14H30N2O. The van der Waals surface area contributed by atoms with Crippen LogP contribution in [0.3, 0.4) is 0 Å². The Kier molecular flexibility index (Phi) is 5.90. The van der Waals surface area contributed by atoms with Crippen molar-refractivity contribution in [3.05, 3.63) is 0 Å². The summed E-state index contributed by atoms with van der Waals surface area (Å²) in [5.74, 6) is 0. The summed E-state index contributed by atoms with van der Waals surface area (Å²) in [4.78, 5) is 0. The van der Waals surface area contributed by atoms with Crippen LogP contribution in [0.4, 0.5) is 0 Å². The fourth-order valence-corrected chi connectivity index (χ4v) is 2.51. The highest BCUT2D eigenvalue weighted by molar-refractivity contribution is 4.89. The molecule has 1 fully saturated rings. The molecule has 0 bridgehead atoms. The summed E-state index contributed by atoms with van der Waals surface area (Å²) < 4.78 is 5.16. The predicted octanol–water partition coefficient (Wildman–Crippen LogP) is 2.03. The van der Waals surface area contributed by atoms with Gasteiger partial charge < -0.3 is 15.4 Å². The third-order valence-corrected chi connectivity index (χ3v) is 4.17. The van der Waals surface area contributed by atoms with Crippen molar-refractivity contribution in [2.45, 2.75) is 40.0 Å². The Labute approximate surface area is 107 Å². The highest BCUT2D eigenvalue weighted by Gasteiger charge is 2.31. The number of ether oxygens (including phenoxy) is 1. The van der Waals surface area contributed by atoms with Crippen molar-refractivity contribution in [3.8, 4) is 0 Å². The Balaban J connectivity index is 2.26. The van der Waals surface area contributed by atoms with Gasteiger partial charge in [-0.25, -0.2) is 0 Å². The van der Waals surface area contributed by atoms with Crippen LogP contribution in [0.25, 0.3) is 0 Å². The monoisotopic (exact) mass is 242 g/mol. The van der Waals surface area contributed by atoms with Crippen LogP contribution in [0, 0.1) is 10.8 Å². The molecule has 1 atom stereocenters. The molecule has 1 unspecified atom stereocenters. The van der Waals surface area contributed by atoms with Gasteiger partial charge in [-0.2, -0.15) is 0 Å². The van der Waals surface area contributed by atoms with Crippen molar-refractivity contribution in [1.82, 2.24) is 10.6 Å². The Morgan fingerprint density at radius 1 is 1.41 bits per heavy atom. The smallest absolute Gasteiger partial charge is 0.0467 e. The first-order chi connectivity index (χ1) is 8.04. The van der Waals surface area contributed by atoms with Crippen LogP contribution in [0.2, 0.25) is 0 Å². The molecule has 1 aliphatic heterocycles. The third-order valence-electron chi connectivity index (χ3n) is 4.17. The van der Waals surface area contributed by atoms with Gasteiger partial charge in [0.05, 0.1) is 0 Å². The second kappa shape index (κ2) is 6.72. The highest BCUT2D eigenvalue weighted by Crippen LogP contribution is 2.28. The molecule has 0 aromatic carbocycles. The standard InChI is InChI=1S/C14H30N2O/c1-5-14(6-8-15-11-14)12-16-10-13(2,3)7-9-17-4/h15-16H,5-12H2,1-4H3. The number of hydrogen-bond donors (Lipinski definition) is 2. The van der Waals surface area contributed by atoms with Crippen LogP contribution >= 0.6 is 0 Å². The van der Waals surface area contributed by atoms with Crippen molar-refractivity contribution in [3.63, 3.8) is 0 Å². The van der Waals surface area contributed by atoms with E-state index in [9.17, 15) is 0 Å². The van der Waals surface area contributed by atoms with Gasteiger partial charge in [-0.15, -0.1) is 0 Å². The van der Waals surface area contributed by atoms with Crippen molar-refractivity contribution in [1.29, 1.82) is 0 Å². The molecule has 1 heterocycles. The Morgan fingerprint density at radius 3 is 2.71 bits per heavy atom. The highest BCUT2D eigenvalue weighted by atomic mass is 16.5. The fraction of sp³-hybridized carbons (Fsp3) is 1.00. The summed E-state index contributed by atoms with van der Waals surface area (Å²) >= 11 is 0. The maximum absolute atomic E-state index is 5.16. The summed E-state index contributed by atoms with van der Waals surface area (Å²) in [7, 11) is 1.78. The lowest BCUT2D eigenvalue weighted by Gasteiger charge is -2.31. The first-order valence-corrected chi connectivity index (χ1v) is 6.94. The van der Waals surface area contributed by atoms with Gasteiger partial charge in [-0.1, -0.05) is 20.8 Å². The topological polar surface area (TPSA) is 33.3 Å². The summed E-state index contributed by atoms with van der Waals surface area (Å²) in [6.07, 6.45) is 3.70. The molecular weight excluding hydrogens is 212 g/mol. The van der Waals surface area contributed by atoms with E-state index in [0.29, 0.717) is 10.8 Å². The molecule has 2 N–H and O–H groups in total. The van der Waals surface area contributed by atoms with E-state index in [1.54, 1.807) is 7.11 Å². The molecule has 102 valence electrons. The lowest BCUT2D eigenvalue weighted by molar-refractivity contribution is 0.147. The van der Waals surface area contributed by atoms with E-state index in [0.717, 1.165) is 26.1 Å². The Morgan fingerprint density at radius 2 is 2.18 bits per heavy atom. The molecule has 1 aliphatic rings. The second-order valence-electron chi connectivity index (χ2n) is 6.29.